The fraction of sp³-hybridized carbons (Fsp3) is 0. The number of nitrogen functional groups attached to an aromatic ring is 1. The van der Waals surface area contributed by atoms with Crippen LogP contribution in [0.2, 0.25) is 0 Å². The Bertz CT molecular complexity index is 621. The molecule has 0 radical (unpaired) electrons. The zero-order valence-electron chi connectivity index (χ0n) is 10.2. The number of nitrogens with one attached hydrogen (secondary N) is 1. The van der Waals surface area contributed by atoms with E-state index >= 15 is 0 Å². The minimum absolute atomic E-state index is 0.109. The number of phenols is 1. The van der Waals surface area contributed by atoms with Crippen LogP contribution >= 0.6 is 0 Å². The van der Waals surface area contributed by atoms with E-state index in [4.69, 9.17) is 5.73 Å². The number of rotatable bonds is 3. The SMILES string of the molecule is Nc1cccc(/C=C/C(=O)Nc2cccc(O)c2)c1. The van der Waals surface area contributed by atoms with Crippen molar-refractivity contribution in [3.8, 4) is 5.75 Å². The lowest BCUT2D eigenvalue weighted by Gasteiger charge is -2.02. The van der Waals surface area contributed by atoms with E-state index in [9.17, 15) is 9.90 Å². The van der Waals surface area contributed by atoms with Crippen molar-refractivity contribution in [2.45, 2.75) is 0 Å². The van der Waals surface area contributed by atoms with Gasteiger partial charge in [0.05, 0.1) is 0 Å². The standard InChI is InChI=1S/C15H14N2O2/c16-12-4-1-3-11(9-12)7-8-15(19)17-13-5-2-6-14(18)10-13/h1-10,18H,16H2,(H,17,19)/b8-7+. The number of carbonyl (C=O) groups is 1. The van der Waals surface area contributed by atoms with Crippen LogP contribution in [-0.4, -0.2) is 11.0 Å². The predicted octanol–water partition coefficient (Wildman–Crippen LogP) is 2.63. The molecule has 0 spiro atoms. The highest BCUT2D eigenvalue weighted by Gasteiger charge is 1.98. The van der Waals surface area contributed by atoms with Crippen molar-refractivity contribution in [1.82, 2.24) is 0 Å². The quantitative estimate of drug-likeness (QED) is 0.582. The molecule has 1 amide bonds. The summed E-state index contributed by atoms with van der Waals surface area (Å²) in [5.41, 5.74) is 7.69. The van der Waals surface area contributed by atoms with Gasteiger partial charge in [0.1, 0.15) is 5.75 Å². The maximum Gasteiger partial charge on any atom is 0.248 e. The van der Waals surface area contributed by atoms with Gasteiger partial charge in [-0.2, -0.15) is 0 Å². The molecule has 0 heterocycles. The van der Waals surface area contributed by atoms with Crippen molar-refractivity contribution in [3.05, 3.63) is 60.2 Å². The Morgan fingerprint density at radius 3 is 2.68 bits per heavy atom. The second kappa shape index (κ2) is 5.73. The number of amides is 1. The fourth-order valence-corrected chi connectivity index (χ4v) is 1.60. The van der Waals surface area contributed by atoms with E-state index < -0.39 is 0 Å². The second-order valence-corrected chi connectivity index (χ2v) is 4.04. The molecule has 0 unspecified atom stereocenters. The first-order valence-corrected chi connectivity index (χ1v) is 5.77. The van der Waals surface area contributed by atoms with Gasteiger partial charge in [-0.25, -0.2) is 0 Å². The molecule has 2 aromatic rings. The normalized spacial score (nSPS) is 10.5. The van der Waals surface area contributed by atoms with Crippen molar-refractivity contribution in [3.63, 3.8) is 0 Å². The number of carbonyl (C=O) groups excluding carboxylic acids is 1. The first-order valence-electron chi connectivity index (χ1n) is 5.77. The summed E-state index contributed by atoms with van der Waals surface area (Å²) in [7, 11) is 0. The van der Waals surface area contributed by atoms with Crippen LogP contribution in [0.15, 0.2) is 54.6 Å². The van der Waals surface area contributed by atoms with Crippen LogP contribution in [0.4, 0.5) is 11.4 Å². The van der Waals surface area contributed by atoms with Gasteiger partial charge in [-0.3, -0.25) is 4.79 Å². The van der Waals surface area contributed by atoms with Gasteiger partial charge in [0, 0.05) is 23.5 Å². The molecular weight excluding hydrogens is 240 g/mol. The van der Waals surface area contributed by atoms with Crippen LogP contribution in [0.3, 0.4) is 0 Å². The minimum Gasteiger partial charge on any atom is -0.508 e. The first kappa shape index (κ1) is 12.7. The summed E-state index contributed by atoms with van der Waals surface area (Å²) in [5.74, 6) is -0.161. The molecule has 0 saturated heterocycles. The Kier molecular flexibility index (Phi) is 3.83. The van der Waals surface area contributed by atoms with Crippen molar-refractivity contribution in [2.75, 3.05) is 11.1 Å². The van der Waals surface area contributed by atoms with Gasteiger partial charge in [0.25, 0.3) is 0 Å². The van der Waals surface area contributed by atoms with Crippen molar-refractivity contribution >= 4 is 23.4 Å². The molecule has 4 N–H and O–H groups in total. The number of nitrogens with two attached hydrogens (primary N) is 1. The number of anilines is 2. The maximum absolute atomic E-state index is 11.7. The van der Waals surface area contributed by atoms with Gasteiger partial charge in [-0.1, -0.05) is 18.2 Å². The van der Waals surface area contributed by atoms with E-state index in [0.717, 1.165) is 5.56 Å². The molecule has 0 aliphatic carbocycles. The van der Waals surface area contributed by atoms with Crippen LogP contribution in [0, 0.1) is 0 Å². The smallest absolute Gasteiger partial charge is 0.248 e. The number of benzene rings is 2. The van der Waals surface area contributed by atoms with Gasteiger partial charge >= 0.3 is 0 Å². The lowest BCUT2D eigenvalue weighted by atomic mass is 10.2. The molecule has 0 aliphatic rings. The van der Waals surface area contributed by atoms with Crippen LogP contribution < -0.4 is 11.1 Å². The molecule has 2 rings (SSSR count). The number of hydrogen-bond donors (Lipinski definition) is 3. The number of aromatic hydroxyl groups is 1. The molecule has 0 bridgehead atoms. The summed E-state index contributed by atoms with van der Waals surface area (Å²) in [6.45, 7) is 0. The number of hydrogen-bond acceptors (Lipinski definition) is 3. The largest absolute Gasteiger partial charge is 0.508 e. The third-order valence-corrected chi connectivity index (χ3v) is 2.45. The zero-order valence-corrected chi connectivity index (χ0v) is 10.2. The Hall–Kier alpha value is -2.75. The second-order valence-electron chi connectivity index (χ2n) is 4.04. The fourth-order valence-electron chi connectivity index (χ4n) is 1.60. The average Bonchev–Trinajstić information content (AvgIpc) is 2.36. The Balaban J connectivity index is 2.01. The first-order chi connectivity index (χ1) is 9.13. The molecule has 19 heavy (non-hydrogen) atoms. The summed E-state index contributed by atoms with van der Waals surface area (Å²) in [6, 6.07) is 13.6. The third kappa shape index (κ3) is 3.89. The van der Waals surface area contributed by atoms with Gasteiger partial charge in [-0.05, 0) is 35.9 Å². The molecule has 2 aromatic carbocycles. The highest BCUT2D eigenvalue weighted by atomic mass is 16.3. The van der Waals surface area contributed by atoms with Gasteiger partial charge < -0.3 is 16.2 Å². The number of phenolic OH excluding ortho intramolecular Hbond substituents is 1. The molecule has 0 aliphatic heterocycles. The van der Waals surface area contributed by atoms with Crippen molar-refractivity contribution < 1.29 is 9.90 Å². The van der Waals surface area contributed by atoms with Crippen LogP contribution in [0.25, 0.3) is 6.08 Å². The zero-order chi connectivity index (χ0) is 13.7. The summed E-state index contributed by atoms with van der Waals surface area (Å²) in [4.78, 5) is 11.7. The maximum atomic E-state index is 11.7. The predicted molar refractivity (Wildman–Crippen MR) is 76.6 cm³/mol. The van der Waals surface area contributed by atoms with Crippen molar-refractivity contribution in [2.24, 2.45) is 0 Å². The van der Waals surface area contributed by atoms with E-state index in [1.165, 1.54) is 18.2 Å². The molecule has 96 valence electrons. The molecule has 0 fully saturated rings. The molecule has 0 aromatic heterocycles. The van der Waals surface area contributed by atoms with Gasteiger partial charge in [-0.15, -0.1) is 0 Å². The topological polar surface area (TPSA) is 75.4 Å². The summed E-state index contributed by atoms with van der Waals surface area (Å²) in [6.07, 6.45) is 3.09. The summed E-state index contributed by atoms with van der Waals surface area (Å²) < 4.78 is 0. The van der Waals surface area contributed by atoms with E-state index in [-0.39, 0.29) is 11.7 Å². The molecule has 0 atom stereocenters. The molecular formula is C15H14N2O2. The molecule has 4 nitrogen and oxygen atoms in total. The molecule has 4 heteroatoms. The summed E-state index contributed by atoms with van der Waals surface area (Å²) in [5, 5.41) is 11.9. The van der Waals surface area contributed by atoms with Crippen LogP contribution in [-0.2, 0) is 4.79 Å². The Morgan fingerprint density at radius 2 is 1.95 bits per heavy atom. The van der Waals surface area contributed by atoms with Gasteiger partial charge in [0.15, 0.2) is 0 Å². The highest BCUT2D eigenvalue weighted by Crippen LogP contribution is 2.15. The van der Waals surface area contributed by atoms with E-state index in [1.807, 2.05) is 12.1 Å². The minimum atomic E-state index is -0.270. The lowest BCUT2D eigenvalue weighted by Crippen LogP contribution is -2.07. The van der Waals surface area contributed by atoms with E-state index in [2.05, 4.69) is 5.32 Å². The van der Waals surface area contributed by atoms with Crippen LogP contribution in [0.1, 0.15) is 5.56 Å². The summed E-state index contributed by atoms with van der Waals surface area (Å²) >= 11 is 0. The van der Waals surface area contributed by atoms with E-state index in [1.54, 1.807) is 30.3 Å². The van der Waals surface area contributed by atoms with Crippen LogP contribution in [0.5, 0.6) is 5.75 Å². The van der Waals surface area contributed by atoms with Crippen molar-refractivity contribution in [1.29, 1.82) is 0 Å². The van der Waals surface area contributed by atoms with Gasteiger partial charge in [0.2, 0.25) is 5.91 Å². The Labute approximate surface area is 111 Å². The lowest BCUT2D eigenvalue weighted by molar-refractivity contribution is -0.111. The third-order valence-electron chi connectivity index (χ3n) is 2.45. The highest BCUT2D eigenvalue weighted by molar-refractivity contribution is 6.02. The average molecular weight is 254 g/mol. The monoisotopic (exact) mass is 254 g/mol. The Morgan fingerprint density at radius 1 is 1.16 bits per heavy atom. The van der Waals surface area contributed by atoms with E-state index in [0.29, 0.717) is 11.4 Å². The molecule has 0 saturated carbocycles.